The number of ether oxygens (including phenoxy) is 4. The van der Waals surface area contributed by atoms with Crippen LogP contribution < -0.4 is 0 Å². The zero-order valence-corrected chi connectivity index (χ0v) is 20.7. The van der Waals surface area contributed by atoms with E-state index in [9.17, 15) is 10.5 Å². The number of rotatable bonds is 4. The number of benzene rings is 2. The van der Waals surface area contributed by atoms with E-state index < -0.39 is 0 Å². The summed E-state index contributed by atoms with van der Waals surface area (Å²) in [6.07, 6.45) is 0. The molecule has 8 nitrogen and oxygen atoms in total. The van der Waals surface area contributed by atoms with Crippen LogP contribution in [0.2, 0.25) is 0 Å². The van der Waals surface area contributed by atoms with E-state index in [4.69, 9.17) is 18.9 Å². The number of hydrogen-bond acceptors (Lipinski definition) is 8. The molecule has 36 heavy (non-hydrogen) atoms. The maximum absolute atomic E-state index is 10.2. The Hall–Kier alpha value is -3.40. The first-order valence-electron chi connectivity index (χ1n) is 12.2. The van der Waals surface area contributed by atoms with E-state index >= 15 is 0 Å². The number of hydrogen-bond donors (Lipinski definition) is 0. The number of nitrogens with zero attached hydrogens (tertiary/aromatic N) is 4. The summed E-state index contributed by atoms with van der Waals surface area (Å²) in [6, 6.07) is 24.5. The van der Waals surface area contributed by atoms with E-state index in [1.807, 2.05) is 70.5 Å². The van der Waals surface area contributed by atoms with Gasteiger partial charge >= 0.3 is 0 Å². The van der Waals surface area contributed by atoms with Gasteiger partial charge in [0.05, 0.1) is 52.9 Å². The average molecular weight is 491 g/mol. The molecule has 0 fully saturated rings. The molecule has 3 rings (SSSR count). The maximum Gasteiger partial charge on any atom is 0.151 e. The van der Waals surface area contributed by atoms with Crippen LogP contribution in [-0.4, -0.2) is 75.7 Å². The molecular formula is C28H34N4O4. The lowest BCUT2D eigenvalue weighted by Crippen LogP contribution is -2.33. The van der Waals surface area contributed by atoms with Crippen molar-refractivity contribution < 1.29 is 18.9 Å². The molecule has 2 aromatic carbocycles. The summed E-state index contributed by atoms with van der Waals surface area (Å²) in [7, 11) is 0. The highest BCUT2D eigenvalue weighted by molar-refractivity contribution is 5.36. The summed E-state index contributed by atoms with van der Waals surface area (Å²) in [5.74, 6) is 0. The van der Waals surface area contributed by atoms with Crippen LogP contribution in [0.5, 0.6) is 0 Å². The van der Waals surface area contributed by atoms with E-state index in [0.717, 1.165) is 11.1 Å². The van der Waals surface area contributed by atoms with Crippen molar-refractivity contribution in [3.05, 3.63) is 83.2 Å². The summed E-state index contributed by atoms with van der Waals surface area (Å²) < 4.78 is 22.6. The molecule has 0 aliphatic carbocycles. The molecule has 0 saturated carbocycles. The molecule has 0 unspecified atom stereocenters. The maximum atomic E-state index is 10.2. The van der Waals surface area contributed by atoms with E-state index in [0.29, 0.717) is 90.4 Å². The molecule has 0 amide bonds. The normalized spacial score (nSPS) is 19.5. The zero-order chi connectivity index (χ0) is 25.3. The smallest absolute Gasteiger partial charge is 0.151 e. The van der Waals surface area contributed by atoms with Crippen molar-refractivity contribution in [2.24, 2.45) is 0 Å². The molecule has 8 heteroatoms. The molecule has 0 saturated heterocycles. The van der Waals surface area contributed by atoms with Crippen molar-refractivity contribution in [2.75, 3.05) is 65.9 Å². The molecule has 0 radical (unpaired) electrons. The third kappa shape index (κ3) is 9.33. The van der Waals surface area contributed by atoms with Gasteiger partial charge in [0, 0.05) is 26.2 Å². The monoisotopic (exact) mass is 490 g/mol. The second kappa shape index (κ2) is 16.3. The Morgan fingerprint density at radius 2 is 0.861 bits per heavy atom. The number of nitriles is 2. The third-order valence-corrected chi connectivity index (χ3v) is 5.63. The van der Waals surface area contributed by atoms with Crippen LogP contribution >= 0.6 is 0 Å². The van der Waals surface area contributed by atoms with Gasteiger partial charge in [-0.25, -0.2) is 0 Å². The molecular weight excluding hydrogens is 456 g/mol. The largest absolute Gasteiger partial charge is 0.377 e. The van der Waals surface area contributed by atoms with Gasteiger partial charge < -0.3 is 28.7 Å². The van der Waals surface area contributed by atoms with Crippen LogP contribution in [-0.2, 0) is 32.0 Å². The van der Waals surface area contributed by atoms with Crippen molar-refractivity contribution in [1.82, 2.24) is 9.80 Å². The molecule has 190 valence electrons. The Labute approximate surface area is 213 Å². The van der Waals surface area contributed by atoms with Gasteiger partial charge in [0.15, 0.2) is 11.4 Å². The van der Waals surface area contributed by atoms with Gasteiger partial charge in [-0.2, -0.15) is 10.5 Å². The van der Waals surface area contributed by atoms with Gasteiger partial charge in [-0.1, -0.05) is 60.7 Å². The Kier molecular flexibility index (Phi) is 12.3. The highest BCUT2D eigenvalue weighted by Gasteiger charge is 2.21. The Morgan fingerprint density at radius 1 is 0.528 bits per heavy atom. The third-order valence-electron chi connectivity index (χ3n) is 5.63. The SMILES string of the molecule is N#C/C1=C(\C#N)N(Cc2ccccc2)CCOCCOCCOCCOCCN1Cc1ccccc1. The van der Waals surface area contributed by atoms with Gasteiger partial charge in [-0.15, -0.1) is 0 Å². The summed E-state index contributed by atoms with van der Waals surface area (Å²) >= 11 is 0. The molecule has 1 heterocycles. The molecule has 1 aliphatic rings. The molecule has 0 N–H and O–H groups in total. The quantitative estimate of drug-likeness (QED) is 0.645. The van der Waals surface area contributed by atoms with Gasteiger partial charge in [0.25, 0.3) is 0 Å². The van der Waals surface area contributed by atoms with Gasteiger partial charge in [-0.3, -0.25) is 0 Å². The molecule has 1 aliphatic heterocycles. The first-order chi connectivity index (χ1) is 17.8. The fourth-order valence-electron chi connectivity index (χ4n) is 3.81. The lowest BCUT2D eigenvalue weighted by molar-refractivity contribution is -0.00541. The van der Waals surface area contributed by atoms with E-state index in [1.165, 1.54) is 0 Å². The molecule has 0 bridgehead atoms. The Bertz CT molecular complexity index is 920. The lowest BCUT2D eigenvalue weighted by Gasteiger charge is -2.30. The minimum absolute atomic E-state index is 0.321. The van der Waals surface area contributed by atoms with Crippen molar-refractivity contribution in [2.45, 2.75) is 13.1 Å². The van der Waals surface area contributed by atoms with Gasteiger partial charge in [-0.05, 0) is 11.1 Å². The second-order valence-corrected chi connectivity index (χ2v) is 8.18. The topological polar surface area (TPSA) is 91.0 Å². The molecule has 0 aromatic heterocycles. The Morgan fingerprint density at radius 3 is 1.19 bits per heavy atom. The highest BCUT2D eigenvalue weighted by atomic mass is 16.6. The van der Waals surface area contributed by atoms with Crippen LogP contribution in [0.3, 0.4) is 0 Å². The van der Waals surface area contributed by atoms with E-state index in [1.54, 1.807) is 0 Å². The summed E-state index contributed by atoms with van der Waals surface area (Å²) in [5, 5.41) is 20.5. The van der Waals surface area contributed by atoms with Crippen LogP contribution in [0.15, 0.2) is 72.1 Å². The lowest BCUT2D eigenvalue weighted by atomic mass is 10.1. The van der Waals surface area contributed by atoms with Crippen molar-refractivity contribution in [1.29, 1.82) is 10.5 Å². The summed E-state index contributed by atoms with van der Waals surface area (Å²) in [6.45, 7) is 5.52. The van der Waals surface area contributed by atoms with Crippen molar-refractivity contribution >= 4 is 0 Å². The standard InChI is InChI=1S/C28H34N4O4/c29-21-27-28(22-30)32(24-26-9-5-2-6-10-26)12-14-34-16-18-36-20-19-35-17-15-33-13-11-31(27)23-25-7-3-1-4-8-25/h1-10H,11-20,23-24H2/b28-27-. The fourth-order valence-corrected chi connectivity index (χ4v) is 3.81. The first-order valence-corrected chi connectivity index (χ1v) is 12.2. The number of allylic oxidation sites excluding steroid dienone is 2. The van der Waals surface area contributed by atoms with E-state index in [2.05, 4.69) is 12.1 Å². The minimum atomic E-state index is 0.321. The predicted octanol–water partition coefficient (Wildman–Crippen LogP) is 3.33. The Balaban J connectivity index is 1.90. The predicted molar refractivity (Wildman–Crippen MR) is 135 cm³/mol. The summed E-state index contributed by atoms with van der Waals surface area (Å²) in [5.41, 5.74) is 2.74. The fraction of sp³-hybridized carbons (Fsp3) is 0.429. The van der Waals surface area contributed by atoms with Gasteiger partial charge in [0.2, 0.25) is 0 Å². The van der Waals surface area contributed by atoms with Crippen LogP contribution in [0.4, 0.5) is 0 Å². The molecule has 0 spiro atoms. The van der Waals surface area contributed by atoms with Crippen molar-refractivity contribution in [3.8, 4) is 12.1 Å². The van der Waals surface area contributed by atoms with Crippen LogP contribution in [0.1, 0.15) is 11.1 Å². The van der Waals surface area contributed by atoms with E-state index in [-0.39, 0.29) is 0 Å². The average Bonchev–Trinajstić information content (AvgIpc) is 2.91. The zero-order valence-electron chi connectivity index (χ0n) is 20.7. The first kappa shape index (κ1) is 27.2. The van der Waals surface area contributed by atoms with Crippen molar-refractivity contribution in [3.63, 3.8) is 0 Å². The second-order valence-electron chi connectivity index (χ2n) is 8.18. The van der Waals surface area contributed by atoms with Crippen LogP contribution in [0, 0.1) is 22.7 Å². The molecule has 0 atom stereocenters. The summed E-state index contributed by atoms with van der Waals surface area (Å²) in [4.78, 5) is 3.84. The molecule has 2 aromatic rings. The van der Waals surface area contributed by atoms with Gasteiger partial charge in [0.1, 0.15) is 12.1 Å². The van der Waals surface area contributed by atoms with Crippen LogP contribution in [0.25, 0.3) is 0 Å². The highest BCUT2D eigenvalue weighted by Crippen LogP contribution is 2.20. The minimum Gasteiger partial charge on any atom is -0.377 e.